The van der Waals surface area contributed by atoms with Crippen LogP contribution in [0.2, 0.25) is 0 Å². The standard InChI is InChI=1S/C29H32FN5S/c1-5-33(6-2)21-9-10-23(24(30)15-21)26-17-29-31-25(16-27(20-7-8-20)35(29)32-26)19(4)34-13-11-28-22(18(34)3)12-14-36-28/h9-10,12,14-18,20H,4-8,11,13H2,1-3H3. The summed E-state index contributed by atoms with van der Waals surface area (Å²) in [5.41, 5.74) is 7.14. The minimum absolute atomic E-state index is 0.255. The quantitative estimate of drug-likeness (QED) is 0.276. The van der Waals surface area contributed by atoms with Gasteiger partial charge in [-0.25, -0.2) is 13.9 Å². The number of hydrogen-bond donors (Lipinski definition) is 0. The van der Waals surface area contributed by atoms with Crippen molar-refractivity contribution >= 4 is 28.4 Å². The molecule has 36 heavy (non-hydrogen) atoms. The molecule has 1 aromatic carbocycles. The second-order valence-electron chi connectivity index (χ2n) is 9.84. The molecule has 4 heterocycles. The van der Waals surface area contributed by atoms with Crippen LogP contribution in [0.5, 0.6) is 0 Å². The summed E-state index contributed by atoms with van der Waals surface area (Å²) in [4.78, 5) is 11.0. The first kappa shape index (κ1) is 23.2. The summed E-state index contributed by atoms with van der Waals surface area (Å²) in [6, 6.07) is 12.0. The molecule has 0 spiro atoms. The van der Waals surface area contributed by atoms with Gasteiger partial charge in [0.15, 0.2) is 5.65 Å². The van der Waals surface area contributed by atoms with Gasteiger partial charge in [-0.2, -0.15) is 5.10 Å². The first-order valence-electron chi connectivity index (χ1n) is 13.0. The minimum Gasteiger partial charge on any atom is -0.372 e. The van der Waals surface area contributed by atoms with Crippen molar-refractivity contribution in [2.45, 2.75) is 52.0 Å². The summed E-state index contributed by atoms with van der Waals surface area (Å²) in [5.74, 6) is 0.209. The van der Waals surface area contributed by atoms with E-state index >= 15 is 4.39 Å². The van der Waals surface area contributed by atoms with Crippen LogP contribution in [0.3, 0.4) is 0 Å². The van der Waals surface area contributed by atoms with Gasteiger partial charge in [-0.1, -0.05) is 6.58 Å². The fourth-order valence-electron chi connectivity index (χ4n) is 5.47. The molecule has 4 aromatic rings. The Morgan fingerprint density at radius 3 is 2.69 bits per heavy atom. The van der Waals surface area contributed by atoms with E-state index in [9.17, 15) is 0 Å². The van der Waals surface area contributed by atoms with Gasteiger partial charge >= 0.3 is 0 Å². The van der Waals surface area contributed by atoms with Gasteiger partial charge in [0.2, 0.25) is 0 Å². The fraction of sp³-hybridized carbons (Fsp3) is 0.379. The van der Waals surface area contributed by atoms with Gasteiger partial charge in [0.25, 0.3) is 0 Å². The zero-order chi connectivity index (χ0) is 25.0. The Morgan fingerprint density at radius 1 is 1.17 bits per heavy atom. The maximum atomic E-state index is 15.2. The van der Waals surface area contributed by atoms with Crippen molar-refractivity contribution in [2.75, 3.05) is 24.5 Å². The zero-order valence-electron chi connectivity index (χ0n) is 21.2. The van der Waals surface area contributed by atoms with Crippen molar-refractivity contribution in [2.24, 2.45) is 0 Å². The molecular weight excluding hydrogens is 469 g/mol. The van der Waals surface area contributed by atoms with E-state index in [1.807, 2.05) is 34.1 Å². The molecule has 0 N–H and O–H groups in total. The number of nitrogens with zero attached hydrogens (tertiary/aromatic N) is 5. The van der Waals surface area contributed by atoms with Crippen molar-refractivity contribution in [3.05, 3.63) is 76.0 Å². The number of halogens is 1. The minimum atomic E-state index is -0.255. The highest BCUT2D eigenvalue weighted by atomic mass is 32.1. The number of benzene rings is 1. The maximum Gasteiger partial charge on any atom is 0.156 e. The molecule has 0 bridgehead atoms. The predicted molar refractivity (Wildman–Crippen MR) is 146 cm³/mol. The average Bonchev–Trinajstić information content (AvgIpc) is 3.44. The van der Waals surface area contributed by atoms with E-state index in [4.69, 9.17) is 10.1 Å². The van der Waals surface area contributed by atoms with E-state index in [1.165, 1.54) is 10.4 Å². The number of rotatable bonds is 7. The molecule has 0 radical (unpaired) electrons. The lowest BCUT2D eigenvalue weighted by atomic mass is 10.00. The summed E-state index contributed by atoms with van der Waals surface area (Å²) >= 11 is 1.84. The Balaban J connectivity index is 1.38. The summed E-state index contributed by atoms with van der Waals surface area (Å²) in [5, 5.41) is 7.01. The van der Waals surface area contributed by atoms with Gasteiger partial charge in [-0.3, -0.25) is 0 Å². The van der Waals surface area contributed by atoms with Crippen molar-refractivity contribution in [3.63, 3.8) is 0 Å². The number of anilines is 1. The zero-order valence-corrected chi connectivity index (χ0v) is 22.0. The van der Waals surface area contributed by atoms with Crippen LogP contribution in [0.15, 0.2) is 48.4 Å². The van der Waals surface area contributed by atoms with Gasteiger partial charge in [0.1, 0.15) is 5.82 Å². The third kappa shape index (κ3) is 3.90. The highest BCUT2D eigenvalue weighted by molar-refractivity contribution is 7.10. The second kappa shape index (κ2) is 9.04. The largest absolute Gasteiger partial charge is 0.372 e. The number of thiophene rings is 1. The highest BCUT2D eigenvalue weighted by Gasteiger charge is 2.31. The molecule has 1 atom stereocenters. The molecule has 1 aliphatic carbocycles. The molecule has 1 aliphatic heterocycles. The number of hydrogen-bond acceptors (Lipinski definition) is 5. The van der Waals surface area contributed by atoms with Crippen LogP contribution in [-0.2, 0) is 6.42 Å². The maximum absolute atomic E-state index is 15.2. The van der Waals surface area contributed by atoms with Crippen LogP contribution >= 0.6 is 11.3 Å². The summed E-state index contributed by atoms with van der Waals surface area (Å²) < 4.78 is 17.2. The molecule has 2 aliphatic rings. The summed E-state index contributed by atoms with van der Waals surface area (Å²) in [7, 11) is 0. The van der Waals surface area contributed by atoms with Gasteiger partial charge in [0, 0.05) is 53.4 Å². The third-order valence-corrected chi connectivity index (χ3v) is 8.72. The molecule has 0 amide bonds. The lowest BCUT2D eigenvalue weighted by Gasteiger charge is -2.36. The van der Waals surface area contributed by atoms with Crippen LogP contribution in [0.1, 0.15) is 67.4 Å². The molecule has 1 saturated carbocycles. The molecular formula is C29H32FN5S. The summed E-state index contributed by atoms with van der Waals surface area (Å²) in [6.07, 6.45) is 3.32. The summed E-state index contributed by atoms with van der Waals surface area (Å²) in [6.45, 7) is 13.5. The van der Waals surface area contributed by atoms with Crippen LogP contribution < -0.4 is 4.90 Å². The molecule has 186 valence electrons. The number of fused-ring (bicyclic) bond motifs is 2. The van der Waals surface area contributed by atoms with Crippen molar-refractivity contribution in [1.29, 1.82) is 0 Å². The van der Waals surface area contributed by atoms with Gasteiger partial charge in [0.05, 0.1) is 23.1 Å². The van der Waals surface area contributed by atoms with E-state index in [0.717, 1.165) is 67.3 Å². The third-order valence-electron chi connectivity index (χ3n) is 7.73. The van der Waals surface area contributed by atoms with Gasteiger partial charge in [-0.15, -0.1) is 11.3 Å². The smallest absolute Gasteiger partial charge is 0.156 e. The Labute approximate surface area is 215 Å². The molecule has 6 rings (SSSR count). The van der Waals surface area contributed by atoms with Crippen molar-refractivity contribution in [3.8, 4) is 11.3 Å². The Bertz CT molecular complexity index is 1450. The SMILES string of the molecule is C=C(c1cc(C2CC2)n2nc(-c3ccc(N(CC)CC)cc3F)cc2n1)N1CCc2sccc2C1C. The first-order valence-corrected chi connectivity index (χ1v) is 13.8. The van der Waals surface area contributed by atoms with Crippen LogP contribution in [-0.4, -0.2) is 39.1 Å². The van der Waals surface area contributed by atoms with Crippen LogP contribution in [0.25, 0.3) is 22.6 Å². The second-order valence-corrected chi connectivity index (χ2v) is 10.8. The lowest BCUT2D eigenvalue weighted by Crippen LogP contribution is -2.31. The van der Waals surface area contributed by atoms with Crippen LogP contribution in [0.4, 0.5) is 10.1 Å². The van der Waals surface area contributed by atoms with Crippen molar-refractivity contribution < 1.29 is 4.39 Å². The monoisotopic (exact) mass is 501 g/mol. The topological polar surface area (TPSA) is 36.7 Å². The molecule has 7 heteroatoms. The lowest BCUT2D eigenvalue weighted by molar-refractivity contribution is 0.303. The normalized spacial score (nSPS) is 17.4. The van der Waals surface area contributed by atoms with E-state index in [1.54, 1.807) is 6.07 Å². The molecule has 5 nitrogen and oxygen atoms in total. The average molecular weight is 502 g/mol. The van der Waals surface area contributed by atoms with E-state index in [0.29, 0.717) is 17.2 Å². The highest BCUT2D eigenvalue weighted by Crippen LogP contribution is 2.42. The van der Waals surface area contributed by atoms with Crippen molar-refractivity contribution in [1.82, 2.24) is 19.5 Å². The molecule has 0 saturated heterocycles. The predicted octanol–water partition coefficient (Wildman–Crippen LogP) is 6.91. The van der Waals surface area contributed by atoms with E-state index in [-0.39, 0.29) is 11.9 Å². The Hall–Kier alpha value is -3.19. The van der Waals surface area contributed by atoms with E-state index < -0.39 is 0 Å². The fourth-order valence-corrected chi connectivity index (χ4v) is 6.43. The van der Waals surface area contributed by atoms with Gasteiger partial charge < -0.3 is 9.80 Å². The van der Waals surface area contributed by atoms with Crippen LogP contribution in [0, 0.1) is 5.82 Å². The Kier molecular flexibility index (Phi) is 5.83. The first-order chi connectivity index (χ1) is 17.5. The Morgan fingerprint density at radius 2 is 1.97 bits per heavy atom. The number of aromatic nitrogens is 3. The molecule has 1 fully saturated rings. The molecule has 1 unspecified atom stereocenters. The molecule has 3 aromatic heterocycles. The van der Waals surface area contributed by atoms with Gasteiger partial charge in [-0.05, 0) is 81.3 Å². The van der Waals surface area contributed by atoms with E-state index in [2.05, 4.69) is 54.7 Å².